The maximum absolute atomic E-state index is 5.62. The van der Waals surface area contributed by atoms with Crippen LogP contribution in [-0.4, -0.2) is 106 Å². The number of rotatable bonds is 31. The van der Waals surface area contributed by atoms with Gasteiger partial charge in [0.05, 0.1) is 92.5 Å². The summed E-state index contributed by atoms with van der Waals surface area (Å²) in [5, 5.41) is 0. The van der Waals surface area contributed by atoms with Crippen LogP contribution in [0.2, 0.25) is 0 Å². The first-order valence-corrected chi connectivity index (χ1v) is 13.4. The van der Waals surface area contributed by atoms with E-state index in [4.69, 9.17) is 37.9 Å². The van der Waals surface area contributed by atoms with Gasteiger partial charge >= 0.3 is 0 Å². The lowest BCUT2D eigenvalue weighted by molar-refractivity contribution is -0.0221. The fraction of sp³-hybridized carbons (Fsp3) is 1.00. The summed E-state index contributed by atoms with van der Waals surface area (Å²) in [7, 11) is 1.65. The normalized spacial score (nSPS) is 11.5. The standard InChI is InChI=1S/C26H54O8/c1-3-4-5-6-7-8-9-10-11-12-28-15-16-30-19-20-32-23-24-34-26-25-33-22-21-31-18-17-29-14-13-27-2/h3-26H2,1-2H3. The molecule has 0 saturated carbocycles. The summed E-state index contributed by atoms with van der Waals surface area (Å²) >= 11 is 0. The van der Waals surface area contributed by atoms with Crippen molar-refractivity contribution in [2.45, 2.75) is 64.7 Å². The van der Waals surface area contributed by atoms with Crippen molar-refractivity contribution in [1.82, 2.24) is 0 Å². The molecule has 0 saturated heterocycles. The van der Waals surface area contributed by atoms with Crippen LogP contribution in [0, 0.1) is 0 Å². The number of ether oxygens (including phenoxy) is 8. The summed E-state index contributed by atoms with van der Waals surface area (Å²) in [4.78, 5) is 0. The maximum Gasteiger partial charge on any atom is 0.0701 e. The molecule has 0 N–H and O–H groups in total. The van der Waals surface area contributed by atoms with Gasteiger partial charge in [-0.1, -0.05) is 58.3 Å². The van der Waals surface area contributed by atoms with Gasteiger partial charge < -0.3 is 37.9 Å². The average molecular weight is 495 g/mol. The molecule has 0 aromatic carbocycles. The first kappa shape index (κ1) is 33.7. The predicted octanol–water partition coefficient (Wildman–Crippen LogP) is 4.28. The Bertz CT molecular complexity index is 315. The van der Waals surface area contributed by atoms with Crippen molar-refractivity contribution in [2.75, 3.05) is 106 Å². The van der Waals surface area contributed by atoms with Crippen molar-refractivity contribution in [3.8, 4) is 0 Å². The zero-order valence-electron chi connectivity index (χ0n) is 22.2. The Balaban J connectivity index is 2.99. The van der Waals surface area contributed by atoms with Crippen LogP contribution in [0.25, 0.3) is 0 Å². The van der Waals surface area contributed by atoms with E-state index in [9.17, 15) is 0 Å². The third-order valence-electron chi connectivity index (χ3n) is 5.06. The molecule has 206 valence electrons. The highest BCUT2D eigenvalue weighted by atomic mass is 16.6. The second-order valence-electron chi connectivity index (χ2n) is 8.11. The molecule has 0 fully saturated rings. The van der Waals surface area contributed by atoms with E-state index in [0.717, 1.165) is 13.0 Å². The minimum absolute atomic E-state index is 0.551. The van der Waals surface area contributed by atoms with Crippen LogP contribution in [0.4, 0.5) is 0 Å². The van der Waals surface area contributed by atoms with Crippen LogP contribution >= 0.6 is 0 Å². The minimum atomic E-state index is 0.551. The maximum atomic E-state index is 5.62. The van der Waals surface area contributed by atoms with Gasteiger partial charge in [0.2, 0.25) is 0 Å². The van der Waals surface area contributed by atoms with Gasteiger partial charge in [-0.05, 0) is 6.42 Å². The third-order valence-corrected chi connectivity index (χ3v) is 5.06. The number of hydrogen-bond acceptors (Lipinski definition) is 8. The molecule has 0 aliphatic heterocycles. The monoisotopic (exact) mass is 494 g/mol. The van der Waals surface area contributed by atoms with Gasteiger partial charge in [0.25, 0.3) is 0 Å². The Morgan fingerprint density at radius 1 is 0.294 bits per heavy atom. The summed E-state index contributed by atoms with van der Waals surface area (Å²) in [5.74, 6) is 0. The van der Waals surface area contributed by atoms with Crippen LogP contribution < -0.4 is 0 Å². The molecule has 8 nitrogen and oxygen atoms in total. The van der Waals surface area contributed by atoms with E-state index in [1.807, 2.05) is 0 Å². The number of hydrogen-bond donors (Lipinski definition) is 0. The summed E-state index contributed by atoms with van der Waals surface area (Å²) in [6, 6.07) is 0. The Morgan fingerprint density at radius 3 is 0.882 bits per heavy atom. The van der Waals surface area contributed by atoms with Gasteiger partial charge in [-0.25, -0.2) is 0 Å². The minimum Gasteiger partial charge on any atom is -0.382 e. The lowest BCUT2D eigenvalue weighted by Crippen LogP contribution is -2.14. The molecule has 0 unspecified atom stereocenters. The zero-order valence-corrected chi connectivity index (χ0v) is 22.2. The molecule has 0 spiro atoms. The quantitative estimate of drug-likeness (QED) is 0.132. The van der Waals surface area contributed by atoms with Crippen LogP contribution in [0.3, 0.4) is 0 Å². The molecule has 0 aromatic rings. The molecule has 0 rings (SSSR count). The van der Waals surface area contributed by atoms with E-state index in [1.54, 1.807) is 7.11 Å². The SMILES string of the molecule is CCCCCCCCCCCOCCOCCOCCOCCOCCOCCOCCOC. The van der Waals surface area contributed by atoms with Crippen molar-refractivity contribution >= 4 is 0 Å². The van der Waals surface area contributed by atoms with Crippen molar-refractivity contribution in [1.29, 1.82) is 0 Å². The molecule has 0 aliphatic carbocycles. The molecule has 8 heteroatoms. The van der Waals surface area contributed by atoms with E-state index in [-0.39, 0.29) is 0 Å². The van der Waals surface area contributed by atoms with Gasteiger partial charge in [-0.15, -0.1) is 0 Å². The second-order valence-corrected chi connectivity index (χ2v) is 8.11. The van der Waals surface area contributed by atoms with Crippen LogP contribution in [0.5, 0.6) is 0 Å². The highest BCUT2D eigenvalue weighted by Crippen LogP contribution is 2.09. The number of methoxy groups -OCH3 is 1. The molecule has 0 aliphatic rings. The zero-order chi connectivity index (χ0) is 24.6. The fourth-order valence-corrected chi connectivity index (χ4v) is 3.08. The van der Waals surface area contributed by atoms with E-state index >= 15 is 0 Å². The Hall–Kier alpha value is -0.320. The molecular formula is C26H54O8. The Morgan fingerprint density at radius 2 is 0.559 bits per heavy atom. The van der Waals surface area contributed by atoms with Crippen LogP contribution in [-0.2, 0) is 37.9 Å². The molecule has 0 aromatic heterocycles. The van der Waals surface area contributed by atoms with Gasteiger partial charge in [0, 0.05) is 13.7 Å². The molecule has 0 radical (unpaired) electrons. The molecule has 0 atom stereocenters. The fourth-order valence-electron chi connectivity index (χ4n) is 3.08. The summed E-state index contributed by atoms with van der Waals surface area (Å²) in [6.45, 7) is 11.2. The second kappa shape index (κ2) is 32.7. The summed E-state index contributed by atoms with van der Waals surface area (Å²) in [5.41, 5.74) is 0. The number of unbranched alkanes of at least 4 members (excludes halogenated alkanes) is 8. The van der Waals surface area contributed by atoms with E-state index < -0.39 is 0 Å². The molecular weight excluding hydrogens is 440 g/mol. The molecule has 0 amide bonds. The lowest BCUT2D eigenvalue weighted by atomic mass is 10.1. The Labute approximate surface area is 209 Å². The van der Waals surface area contributed by atoms with E-state index in [2.05, 4.69) is 6.92 Å². The van der Waals surface area contributed by atoms with Gasteiger partial charge in [-0.2, -0.15) is 0 Å². The van der Waals surface area contributed by atoms with Crippen molar-refractivity contribution in [2.24, 2.45) is 0 Å². The largest absolute Gasteiger partial charge is 0.382 e. The topological polar surface area (TPSA) is 73.8 Å². The molecule has 0 bridgehead atoms. The Kier molecular flexibility index (Phi) is 32.4. The summed E-state index contributed by atoms with van der Waals surface area (Å²) in [6.07, 6.45) is 12.0. The summed E-state index contributed by atoms with van der Waals surface area (Å²) < 4.78 is 43.1. The predicted molar refractivity (Wildman–Crippen MR) is 135 cm³/mol. The van der Waals surface area contributed by atoms with Crippen LogP contribution in [0.15, 0.2) is 0 Å². The van der Waals surface area contributed by atoms with Crippen molar-refractivity contribution < 1.29 is 37.9 Å². The first-order chi connectivity index (χ1) is 16.9. The smallest absolute Gasteiger partial charge is 0.0701 e. The van der Waals surface area contributed by atoms with E-state index in [0.29, 0.717) is 92.5 Å². The first-order valence-electron chi connectivity index (χ1n) is 13.4. The van der Waals surface area contributed by atoms with Gasteiger partial charge in [0.15, 0.2) is 0 Å². The molecule has 0 heterocycles. The van der Waals surface area contributed by atoms with Crippen LogP contribution in [0.1, 0.15) is 64.7 Å². The highest BCUT2D eigenvalue weighted by molar-refractivity contribution is 4.46. The highest BCUT2D eigenvalue weighted by Gasteiger charge is 1.96. The molecule has 34 heavy (non-hydrogen) atoms. The third kappa shape index (κ3) is 31.7. The van der Waals surface area contributed by atoms with Gasteiger partial charge in [0.1, 0.15) is 0 Å². The van der Waals surface area contributed by atoms with Crippen molar-refractivity contribution in [3.63, 3.8) is 0 Å². The van der Waals surface area contributed by atoms with Crippen molar-refractivity contribution in [3.05, 3.63) is 0 Å². The van der Waals surface area contributed by atoms with E-state index in [1.165, 1.54) is 51.4 Å². The average Bonchev–Trinajstić information content (AvgIpc) is 2.85. The lowest BCUT2D eigenvalue weighted by Gasteiger charge is -2.08. The van der Waals surface area contributed by atoms with Gasteiger partial charge in [-0.3, -0.25) is 0 Å².